The molecule has 1 fully saturated rings. The Labute approximate surface area is 92.8 Å². The zero-order chi connectivity index (χ0) is 11.3. The number of nitrogens with two attached hydrogens (primary N) is 1. The second-order valence-corrected chi connectivity index (χ2v) is 4.99. The summed E-state index contributed by atoms with van der Waals surface area (Å²) >= 11 is 0. The summed E-state index contributed by atoms with van der Waals surface area (Å²) in [5.41, 5.74) is 5.88. The maximum absolute atomic E-state index is 11.8. The number of amides is 1. The Balaban J connectivity index is 2.22. The number of hydrogen-bond donors (Lipinski definition) is 2. The fourth-order valence-corrected chi connectivity index (χ4v) is 1.96. The van der Waals surface area contributed by atoms with Crippen LogP contribution in [0.5, 0.6) is 0 Å². The van der Waals surface area contributed by atoms with Gasteiger partial charge in [0.05, 0.1) is 0 Å². The number of rotatable bonds is 4. The molecule has 0 bridgehead atoms. The minimum Gasteiger partial charge on any atom is -0.354 e. The summed E-state index contributed by atoms with van der Waals surface area (Å²) in [6.45, 7) is 4.78. The normalized spacial score (nSPS) is 20.3. The third-order valence-electron chi connectivity index (χ3n) is 3.34. The number of hydrogen-bond acceptors (Lipinski definition) is 2. The Kier molecular flexibility index (Phi) is 5.09. The number of nitrogens with one attached hydrogen (secondary N) is 1. The predicted molar refractivity (Wildman–Crippen MR) is 62.4 cm³/mol. The summed E-state index contributed by atoms with van der Waals surface area (Å²) in [5.74, 6) is 0.889. The van der Waals surface area contributed by atoms with Gasteiger partial charge in [0.1, 0.15) is 0 Å². The van der Waals surface area contributed by atoms with Gasteiger partial charge in [0.15, 0.2) is 0 Å². The van der Waals surface area contributed by atoms with E-state index in [1.807, 2.05) is 0 Å². The predicted octanol–water partition coefficient (Wildman–Crippen LogP) is 1.67. The van der Waals surface area contributed by atoms with E-state index in [4.69, 9.17) is 5.73 Å². The van der Waals surface area contributed by atoms with Crippen LogP contribution in [0.3, 0.4) is 0 Å². The second kappa shape index (κ2) is 6.11. The SMILES string of the molecule is CC(C)C(N)CNC(=O)C1CCCCC1. The fourth-order valence-electron chi connectivity index (χ4n) is 1.96. The topological polar surface area (TPSA) is 55.1 Å². The Bertz CT molecular complexity index is 198. The minimum atomic E-state index is 0.0811. The summed E-state index contributed by atoms with van der Waals surface area (Å²) in [6.07, 6.45) is 5.81. The fraction of sp³-hybridized carbons (Fsp3) is 0.917. The molecule has 88 valence electrons. The van der Waals surface area contributed by atoms with Crippen molar-refractivity contribution in [1.82, 2.24) is 5.32 Å². The van der Waals surface area contributed by atoms with Gasteiger partial charge in [-0.3, -0.25) is 4.79 Å². The van der Waals surface area contributed by atoms with Gasteiger partial charge in [-0.05, 0) is 18.8 Å². The van der Waals surface area contributed by atoms with Gasteiger partial charge in [-0.1, -0.05) is 33.1 Å². The lowest BCUT2D eigenvalue weighted by molar-refractivity contribution is -0.126. The molecule has 0 heterocycles. The molecule has 1 aliphatic carbocycles. The first-order valence-corrected chi connectivity index (χ1v) is 6.14. The molecular formula is C12H24N2O. The maximum atomic E-state index is 11.8. The van der Waals surface area contributed by atoms with Gasteiger partial charge < -0.3 is 11.1 Å². The summed E-state index contributed by atoms with van der Waals surface area (Å²) in [6, 6.07) is 0.0811. The van der Waals surface area contributed by atoms with E-state index in [0.717, 1.165) is 12.8 Å². The summed E-state index contributed by atoms with van der Waals surface area (Å²) in [5, 5.41) is 2.97. The van der Waals surface area contributed by atoms with E-state index in [2.05, 4.69) is 19.2 Å². The van der Waals surface area contributed by atoms with Crippen molar-refractivity contribution in [3.8, 4) is 0 Å². The average Bonchev–Trinajstić information content (AvgIpc) is 2.26. The molecule has 0 spiro atoms. The van der Waals surface area contributed by atoms with Crippen LogP contribution >= 0.6 is 0 Å². The van der Waals surface area contributed by atoms with Crippen LogP contribution in [0, 0.1) is 11.8 Å². The van der Waals surface area contributed by atoms with Crippen molar-refractivity contribution < 1.29 is 4.79 Å². The molecule has 3 nitrogen and oxygen atoms in total. The molecule has 1 saturated carbocycles. The van der Waals surface area contributed by atoms with Crippen LogP contribution in [0.1, 0.15) is 46.0 Å². The molecule has 1 aliphatic rings. The third-order valence-corrected chi connectivity index (χ3v) is 3.34. The molecule has 1 unspecified atom stereocenters. The minimum absolute atomic E-state index is 0.0811. The van der Waals surface area contributed by atoms with Gasteiger partial charge in [0, 0.05) is 18.5 Å². The Morgan fingerprint density at radius 2 is 1.93 bits per heavy atom. The van der Waals surface area contributed by atoms with Gasteiger partial charge >= 0.3 is 0 Å². The monoisotopic (exact) mass is 212 g/mol. The molecular weight excluding hydrogens is 188 g/mol. The zero-order valence-corrected chi connectivity index (χ0v) is 9.96. The average molecular weight is 212 g/mol. The number of carbonyl (C=O) groups is 1. The quantitative estimate of drug-likeness (QED) is 0.744. The number of carbonyl (C=O) groups excluding carboxylic acids is 1. The lowest BCUT2D eigenvalue weighted by Crippen LogP contribution is -2.42. The van der Waals surface area contributed by atoms with Gasteiger partial charge in [0.25, 0.3) is 0 Å². The van der Waals surface area contributed by atoms with Crippen molar-refractivity contribution in [2.45, 2.75) is 52.0 Å². The van der Waals surface area contributed by atoms with E-state index < -0.39 is 0 Å². The largest absolute Gasteiger partial charge is 0.354 e. The van der Waals surface area contributed by atoms with E-state index in [9.17, 15) is 4.79 Å². The second-order valence-electron chi connectivity index (χ2n) is 4.99. The van der Waals surface area contributed by atoms with Crippen LogP contribution in [-0.2, 0) is 4.79 Å². The van der Waals surface area contributed by atoms with Crippen molar-refractivity contribution >= 4 is 5.91 Å². The molecule has 1 amide bonds. The first-order chi connectivity index (χ1) is 7.11. The van der Waals surface area contributed by atoms with Crippen LogP contribution in [0.25, 0.3) is 0 Å². The van der Waals surface area contributed by atoms with Gasteiger partial charge in [0.2, 0.25) is 5.91 Å². The Morgan fingerprint density at radius 1 is 1.33 bits per heavy atom. The van der Waals surface area contributed by atoms with Crippen LogP contribution < -0.4 is 11.1 Å². The molecule has 0 aromatic heterocycles. The van der Waals surface area contributed by atoms with E-state index in [0.29, 0.717) is 12.5 Å². The lowest BCUT2D eigenvalue weighted by Gasteiger charge is -2.22. The van der Waals surface area contributed by atoms with Crippen LogP contribution in [0.15, 0.2) is 0 Å². The van der Waals surface area contributed by atoms with E-state index in [1.165, 1.54) is 19.3 Å². The molecule has 1 rings (SSSR count). The Morgan fingerprint density at radius 3 is 2.47 bits per heavy atom. The van der Waals surface area contributed by atoms with Crippen LogP contribution in [0.4, 0.5) is 0 Å². The van der Waals surface area contributed by atoms with Crippen molar-refractivity contribution in [1.29, 1.82) is 0 Å². The van der Waals surface area contributed by atoms with E-state index in [1.54, 1.807) is 0 Å². The smallest absolute Gasteiger partial charge is 0.223 e. The summed E-state index contributed by atoms with van der Waals surface area (Å²) in [7, 11) is 0. The van der Waals surface area contributed by atoms with Crippen molar-refractivity contribution in [2.75, 3.05) is 6.54 Å². The van der Waals surface area contributed by atoms with E-state index in [-0.39, 0.29) is 17.9 Å². The van der Waals surface area contributed by atoms with Crippen LogP contribution in [-0.4, -0.2) is 18.5 Å². The molecule has 0 saturated heterocycles. The van der Waals surface area contributed by atoms with Crippen molar-refractivity contribution in [3.05, 3.63) is 0 Å². The van der Waals surface area contributed by atoms with Crippen molar-refractivity contribution in [3.63, 3.8) is 0 Å². The van der Waals surface area contributed by atoms with E-state index >= 15 is 0 Å². The molecule has 3 N–H and O–H groups in total. The highest BCUT2D eigenvalue weighted by atomic mass is 16.1. The highest BCUT2D eigenvalue weighted by molar-refractivity contribution is 5.78. The first kappa shape index (κ1) is 12.5. The van der Waals surface area contributed by atoms with Gasteiger partial charge in [-0.15, -0.1) is 0 Å². The standard InChI is InChI=1S/C12H24N2O/c1-9(2)11(13)8-14-12(15)10-6-4-3-5-7-10/h9-11H,3-8,13H2,1-2H3,(H,14,15). The Hall–Kier alpha value is -0.570. The van der Waals surface area contributed by atoms with Crippen LogP contribution in [0.2, 0.25) is 0 Å². The maximum Gasteiger partial charge on any atom is 0.223 e. The summed E-state index contributed by atoms with van der Waals surface area (Å²) < 4.78 is 0. The molecule has 3 heteroatoms. The molecule has 1 atom stereocenters. The van der Waals surface area contributed by atoms with Crippen molar-refractivity contribution in [2.24, 2.45) is 17.6 Å². The molecule has 0 aromatic rings. The van der Waals surface area contributed by atoms with Gasteiger partial charge in [-0.2, -0.15) is 0 Å². The zero-order valence-electron chi connectivity index (χ0n) is 9.96. The van der Waals surface area contributed by atoms with Gasteiger partial charge in [-0.25, -0.2) is 0 Å². The lowest BCUT2D eigenvalue weighted by atomic mass is 9.88. The first-order valence-electron chi connectivity index (χ1n) is 6.14. The third kappa shape index (κ3) is 4.20. The molecule has 0 aliphatic heterocycles. The molecule has 0 radical (unpaired) electrons. The summed E-state index contributed by atoms with van der Waals surface area (Å²) in [4.78, 5) is 11.8. The highest BCUT2D eigenvalue weighted by Crippen LogP contribution is 2.23. The molecule has 15 heavy (non-hydrogen) atoms. The molecule has 0 aromatic carbocycles. The highest BCUT2D eigenvalue weighted by Gasteiger charge is 2.21.